The minimum atomic E-state index is -0.337. The molecule has 1 aliphatic heterocycles. The second kappa shape index (κ2) is 6.61. The van der Waals surface area contributed by atoms with Crippen molar-refractivity contribution in [3.63, 3.8) is 0 Å². The average molecular weight is 330 g/mol. The van der Waals surface area contributed by atoms with Gasteiger partial charge < -0.3 is 20.1 Å². The summed E-state index contributed by atoms with van der Waals surface area (Å²) < 4.78 is 12.0. The van der Waals surface area contributed by atoms with Crippen LogP contribution < -0.4 is 20.1 Å². The Hall–Kier alpha value is -3.03. The van der Waals surface area contributed by atoms with E-state index in [0.717, 1.165) is 11.3 Å². The Labute approximate surface area is 138 Å². The van der Waals surface area contributed by atoms with E-state index in [1.807, 2.05) is 12.1 Å². The van der Waals surface area contributed by atoms with Gasteiger partial charge in [0.1, 0.15) is 5.69 Å². The van der Waals surface area contributed by atoms with E-state index in [4.69, 9.17) is 9.47 Å². The number of amides is 2. The monoisotopic (exact) mass is 330 g/mol. The molecule has 126 valence electrons. The van der Waals surface area contributed by atoms with Crippen molar-refractivity contribution in [1.82, 2.24) is 20.4 Å². The SMILES string of the molecule is Cc1cc(C(=O)NCC(=O)NCc2ccc3c(c2)OCO3)n(C)n1. The number of hydrogen-bond donors (Lipinski definition) is 2. The van der Waals surface area contributed by atoms with Crippen molar-refractivity contribution < 1.29 is 19.1 Å². The Balaban J connectivity index is 1.47. The van der Waals surface area contributed by atoms with E-state index < -0.39 is 0 Å². The zero-order valence-electron chi connectivity index (χ0n) is 13.5. The van der Waals surface area contributed by atoms with Gasteiger partial charge in [0.25, 0.3) is 5.91 Å². The number of fused-ring (bicyclic) bond motifs is 1. The third kappa shape index (κ3) is 3.48. The summed E-state index contributed by atoms with van der Waals surface area (Å²) >= 11 is 0. The predicted molar refractivity (Wildman–Crippen MR) is 84.7 cm³/mol. The smallest absolute Gasteiger partial charge is 0.269 e. The Kier molecular flexibility index (Phi) is 4.37. The highest BCUT2D eigenvalue weighted by molar-refractivity contribution is 5.95. The van der Waals surface area contributed by atoms with Crippen molar-refractivity contribution in [2.24, 2.45) is 7.05 Å². The van der Waals surface area contributed by atoms with Crippen LogP contribution in [-0.4, -0.2) is 34.9 Å². The van der Waals surface area contributed by atoms with Crippen LogP contribution in [0.3, 0.4) is 0 Å². The lowest BCUT2D eigenvalue weighted by Gasteiger charge is -2.08. The van der Waals surface area contributed by atoms with E-state index in [1.165, 1.54) is 4.68 Å². The largest absolute Gasteiger partial charge is 0.454 e. The highest BCUT2D eigenvalue weighted by Crippen LogP contribution is 2.32. The molecule has 1 aromatic carbocycles. The van der Waals surface area contributed by atoms with Crippen LogP contribution in [0.5, 0.6) is 11.5 Å². The van der Waals surface area contributed by atoms with Gasteiger partial charge in [0.15, 0.2) is 11.5 Å². The van der Waals surface area contributed by atoms with Gasteiger partial charge in [-0.25, -0.2) is 0 Å². The molecule has 2 amide bonds. The van der Waals surface area contributed by atoms with Gasteiger partial charge in [-0.3, -0.25) is 14.3 Å². The summed E-state index contributed by atoms with van der Waals surface area (Å²) in [4.78, 5) is 23.9. The molecule has 8 nitrogen and oxygen atoms in total. The summed E-state index contributed by atoms with van der Waals surface area (Å²) in [7, 11) is 1.68. The van der Waals surface area contributed by atoms with Gasteiger partial charge in [-0.2, -0.15) is 5.10 Å². The van der Waals surface area contributed by atoms with Gasteiger partial charge in [-0.15, -0.1) is 0 Å². The maximum Gasteiger partial charge on any atom is 0.269 e. The molecule has 3 rings (SSSR count). The second-order valence-corrected chi connectivity index (χ2v) is 5.44. The zero-order valence-corrected chi connectivity index (χ0v) is 13.5. The van der Waals surface area contributed by atoms with Crippen molar-refractivity contribution in [2.75, 3.05) is 13.3 Å². The van der Waals surface area contributed by atoms with Crippen molar-refractivity contribution in [2.45, 2.75) is 13.5 Å². The number of aryl methyl sites for hydroxylation is 2. The van der Waals surface area contributed by atoms with Gasteiger partial charge in [0.2, 0.25) is 12.7 Å². The first-order valence-electron chi connectivity index (χ1n) is 7.47. The number of carbonyl (C=O) groups is 2. The van der Waals surface area contributed by atoms with Crippen LogP contribution in [0, 0.1) is 6.92 Å². The van der Waals surface area contributed by atoms with Gasteiger partial charge in [-0.1, -0.05) is 6.07 Å². The molecule has 1 aromatic heterocycles. The molecule has 0 unspecified atom stereocenters. The standard InChI is InChI=1S/C16H18N4O4/c1-10-5-12(20(2)19-10)16(22)18-8-15(21)17-7-11-3-4-13-14(6-11)24-9-23-13/h3-6H,7-9H2,1-2H3,(H,17,21)(H,18,22). The van der Waals surface area contributed by atoms with E-state index in [-0.39, 0.29) is 25.2 Å². The fourth-order valence-corrected chi connectivity index (χ4v) is 2.39. The molecule has 2 N–H and O–H groups in total. The molecule has 0 saturated carbocycles. The normalized spacial score (nSPS) is 12.1. The lowest BCUT2D eigenvalue weighted by Crippen LogP contribution is -2.37. The van der Waals surface area contributed by atoms with Crippen LogP contribution in [0.4, 0.5) is 0 Å². The fraction of sp³-hybridized carbons (Fsp3) is 0.312. The number of nitrogens with zero attached hydrogens (tertiary/aromatic N) is 2. The zero-order chi connectivity index (χ0) is 17.1. The lowest BCUT2D eigenvalue weighted by molar-refractivity contribution is -0.120. The quantitative estimate of drug-likeness (QED) is 0.833. The number of ether oxygens (including phenoxy) is 2. The minimum Gasteiger partial charge on any atom is -0.454 e. The van der Waals surface area contributed by atoms with Gasteiger partial charge >= 0.3 is 0 Å². The number of nitrogens with one attached hydrogen (secondary N) is 2. The summed E-state index contributed by atoms with van der Waals surface area (Å²) in [5.41, 5.74) is 2.05. The Morgan fingerprint density at radius 2 is 2.00 bits per heavy atom. The van der Waals surface area contributed by atoms with Crippen molar-refractivity contribution in [1.29, 1.82) is 0 Å². The average Bonchev–Trinajstić information content (AvgIpc) is 3.15. The number of benzene rings is 1. The Morgan fingerprint density at radius 1 is 1.21 bits per heavy atom. The molecular weight excluding hydrogens is 312 g/mol. The highest BCUT2D eigenvalue weighted by atomic mass is 16.7. The number of hydrogen-bond acceptors (Lipinski definition) is 5. The van der Waals surface area contributed by atoms with Crippen LogP contribution >= 0.6 is 0 Å². The maximum absolute atomic E-state index is 12.0. The summed E-state index contributed by atoms with van der Waals surface area (Å²) in [6.07, 6.45) is 0. The van der Waals surface area contributed by atoms with Crippen LogP contribution in [0.2, 0.25) is 0 Å². The van der Waals surface area contributed by atoms with Crippen LogP contribution in [-0.2, 0) is 18.4 Å². The third-order valence-corrected chi connectivity index (χ3v) is 3.57. The topological polar surface area (TPSA) is 94.5 Å². The van der Waals surface area contributed by atoms with Crippen LogP contribution in [0.15, 0.2) is 24.3 Å². The molecule has 2 aromatic rings. The third-order valence-electron chi connectivity index (χ3n) is 3.57. The van der Waals surface area contributed by atoms with Gasteiger partial charge in [0.05, 0.1) is 12.2 Å². The first-order chi connectivity index (χ1) is 11.5. The molecule has 2 heterocycles. The molecule has 0 spiro atoms. The molecule has 1 aliphatic rings. The first kappa shape index (κ1) is 15.9. The number of carbonyl (C=O) groups excluding carboxylic acids is 2. The second-order valence-electron chi connectivity index (χ2n) is 5.44. The highest BCUT2D eigenvalue weighted by Gasteiger charge is 2.14. The van der Waals surface area contributed by atoms with E-state index in [2.05, 4.69) is 15.7 Å². The summed E-state index contributed by atoms with van der Waals surface area (Å²) in [6.45, 7) is 2.25. The van der Waals surface area contributed by atoms with E-state index in [1.54, 1.807) is 26.1 Å². The molecular formula is C16H18N4O4. The first-order valence-corrected chi connectivity index (χ1v) is 7.47. The van der Waals surface area contributed by atoms with Gasteiger partial charge in [0, 0.05) is 13.6 Å². The minimum absolute atomic E-state index is 0.104. The van der Waals surface area contributed by atoms with E-state index in [9.17, 15) is 9.59 Å². The summed E-state index contributed by atoms with van der Waals surface area (Å²) in [5.74, 6) is 0.752. The molecule has 0 fully saturated rings. The lowest BCUT2D eigenvalue weighted by atomic mass is 10.2. The van der Waals surface area contributed by atoms with E-state index >= 15 is 0 Å². The summed E-state index contributed by atoms with van der Waals surface area (Å²) in [5, 5.41) is 9.42. The Morgan fingerprint density at radius 3 is 2.75 bits per heavy atom. The van der Waals surface area contributed by atoms with E-state index in [0.29, 0.717) is 23.7 Å². The van der Waals surface area contributed by atoms with Gasteiger partial charge in [-0.05, 0) is 30.7 Å². The number of aromatic nitrogens is 2. The van der Waals surface area contributed by atoms with Crippen LogP contribution in [0.1, 0.15) is 21.7 Å². The molecule has 0 atom stereocenters. The molecule has 0 saturated heterocycles. The molecule has 24 heavy (non-hydrogen) atoms. The molecule has 8 heteroatoms. The molecule has 0 radical (unpaired) electrons. The summed E-state index contributed by atoms with van der Waals surface area (Å²) in [6, 6.07) is 7.14. The Bertz CT molecular complexity index is 784. The number of rotatable bonds is 5. The van der Waals surface area contributed by atoms with Crippen LogP contribution in [0.25, 0.3) is 0 Å². The maximum atomic E-state index is 12.0. The predicted octanol–water partition coefficient (Wildman–Crippen LogP) is 0.503. The van der Waals surface area contributed by atoms with Crippen molar-refractivity contribution >= 4 is 11.8 Å². The molecule has 0 aliphatic carbocycles. The fourth-order valence-electron chi connectivity index (χ4n) is 2.39. The molecule has 0 bridgehead atoms. The van der Waals surface area contributed by atoms with Crippen molar-refractivity contribution in [3.8, 4) is 11.5 Å². The van der Waals surface area contributed by atoms with Crippen molar-refractivity contribution in [3.05, 3.63) is 41.2 Å².